The van der Waals surface area contributed by atoms with Crippen LogP contribution in [-0.4, -0.2) is 46.7 Å². The zero-order chi connectivity index (χ0) is 9.42. The summed E-state index contributed by atoms with van der Waals surface area (Å²) in [5, 5.41) is 0. The van der Waals surface area contributed by atoms with Crippen LogP contribution in [0.2, 0.25) is 0 Å². The monoisotopic (exact) mass is 202 g/mol. The second-order valence-corrected chi connectivity index (χ2v) is 3.69. The van der Waals surface area contributed by atoms with Crippen molar-refractivity contribution in [3.63, 3.8) is 0 Å². The van der Waals surface area contributed by atoms with Crippen LogP contribution < -0.4 is 0 Å². The average molecular weight is 203 g/mol. The van der Waals surface area contributed by atoms with Gasteiger partial charge in [-0.2, -0.15) is 0 Å². The molecule has 3 amide bonds. The predicted molar refractivity (Wildman–Crippen MR) is 47.6 cm³/mol. The normalized spacial score (nSPS) is 27.3. The lowest BCUT2D eigenvalue weighted by atomic mass is 10.2. The van der Waals surface area contributed by atoms with Crippen LogP contribution in [0.3, 0.4) is 0 Å². The number of carbonyl (C=O) groups is 2. The van der Waals surface area contributed by atoms with Crippen LogP contribution >= 0.6 is 11.6 Å². The third kappa shape index (κ3) is 1.20. The molecule has 0 aromatic rings. The van der Waals surface area contributed by atoms with Crippen molar-refractivity contribution >= 4 is 23.5 Å². The van der Waals surface area contributed by atoms with Gasteiger partial charge in [0.1, 0.15) is 6.04 Å². The molecular weight excluding hydrogens is 192 g/mol. The van der Waals surface area contributed by atoms with E-state index in [-0.39, 0.29) is 18.0 Å². The SMILES string of the molecule is O=C1[C@@H]2CCCN2C(=O)N1CCCl. The summed E-state index contributed by atoms with van der Waals surface area (Å²) in [5.41, 5.74) is 0. The van der Waals surface area contributed by atoms with Gasteiger partial charge in [-0.25, -0.2) is 4.79 Å². The highest BCUT2D eigenvalue weighted by molar-refractivity contribution is 6.18. The highest BCUT2D eigenvalue weighted by Crippen LogP contribution is 2.26. The molecule has 0 aromatic heterocycles. The zero-order valence-electron chi connectivity index (χ0n) is 7.20. The van der Waals surface area contributed by atoms with Gasteiger partial charge in [0.25, 0.3) is 5.91 Å². The van der Waals surface area contributed by atoms with Crippen molar-refractivity contribution in [3.8, 4) is 0 Å². The Balaban J connectivity index is 2.16. The minimum Gasteiger partial charge on any atom is -0.312 e. The molecule has 72 valence electrons. The molecule has 0 aliphatic carbocycles. The van der Waals surface area contributed by atoms with Crippen molar-refractivity contribution in [1.29, 1.82) is 0 Å². The molecule has 0 aromatic carbocycles. The van der Waals surface area contributed by atoms with Crippen LogP contribution in [0.15, 0.2) is 0 Å². The summed E-state index contributed by atoms with van der Waals surface area (Å²) in [5.74, 6) is 0.251. The number of amides is 3. The number of halogens is 1. The molecule has 0 bridgehead atoms. The first-order valence-corrected chi connectivity index (χ1v) is 4.97. The summed E-state index contributed by atoms with van der Waals surface area (Å²) in [6.07, 6.45) is 1.75. The molecule has 2 heterocycles. The molecule has 0 radical (unpaired) electrons. The third-order valence-electron chi connectivity index (χ3n) is 2.59. The van der Waals surface area contributed by atoms with Gasteiger partial charge in [-0.3, -0.25) is 9.69 Å². The number of rotatable bonds is 2. The summed E-state index contributed by atoms with van der Waals surface area (Å²) >= 11 is 5.50. The van der Waals surface area contributed by atoms with E-state index < -0.39 is 0 Å². The first kappa shape index (κ1) is 8.81. The largest absolute Gasteiger partial charge is 0.327 e. The molecule has 0 spiro atoms. The van der Waals surface area contributed by atoms with E-state index in [1.54, 1.807) is 4.90 Å². The maximum absolute atomic E-state index is 11.6. The molecule has 0 saturated carbocycles. The maximum atomic E-state index is 11.6. The molecule has 5 heteroatoms. The highest BCUT2D eigenvalue weighted by atomic mass is 35.5. The second kappa shape index (κ2) is 3.18. The van der Waals surface area contributed by atoms with Crippen molar-refractivity contribution in [1.82, 2.24) is 9.80 Å². The molecule has 13 heavy (non-hydrogen) atoms. The van der Waals surface area contributed by atoms with Crippen LogP contribution in [0.5, 0.6) is 0 Å². The van der Waals surface area contributed by atoms with E-state index in [2.05, 4.69) is 0 Å². The predicted octanol–water partition coefficient (Wildman–Crippen LogP) is 0.652. The van der Waals surface area contributed by atoms with Gasteiger partial charge < -0.3 is 4.90 Å². The van der Waals surface area contributed by atoms with Crippen LogP contribution in [0.25, 0.3) is 0 Å². The van der Waals surface area contributed by atoms with Gasteiger partial charge in [0.2, 0.25) is 0 Å². The maximum Gasteiger partial charge on any atom is 0.327 e. The zero-order valence-corrected chi connectivity index (χ0v) is 7.96. The van der Waals surface area contributed by atoms with Crippen LogP contribution in [0.1, 0.15) is 12.8 Å². The number of imide groups is 1. The van der Waals surface area contributed by atoms with Gasteiger partial charge >= 0.3 is 6.03 Å². The fourth-order valence-corrected chi connectivity index (χ4v) is 2.14. The molecule has 2 saturated heterocycles. The molecule has 0 N–H and O–H groups in total. The fourth-order valence-electron chi connectivity index (χ4n) is 1.97. The molecule has 4 nitrogen and oxygen atoms in total. The van der Waals surface area contributed by atoms with Gasteiger partial charge in [0.15, 0.2) is 0 Å². The van der Waals surface area contributed by atoms with Crippen LogP contribution in [0, 0.1) is 0 Å². The molecule has 0 unspecified atom stereocenters. The first-order valence-electron chi connectivity index (χ1n) is 4.43. The third-order valence-corrected chi connectivity index (χ3v) is 2.76. The van der Waals surface area contributed by atoms with Gasteiger partial charge in [0, 0.05) is 19.0 Å². The van der Waals surface area contributed by atoms with E-state index >= 15 is 0 Å². The van der Waals surface area contributed by atoms with Gasteiger partial charge in [-0.1, -0.05) is 0 Å². The number of alkyl halides is 1. The van der Waals surface area contributed by atoms with Crippen LogP contribution in [-0.2, 0) is 4.79 Å². The van der Waals surface area contributed by atoms with Crippen molar-refractivity contribution in [3.05, 3.63) is 0 Å². The molecular formula is C8H11ClN2O2. The number of fused-ring (bicyclic) bond motifs is 1. The van der Waals surface area contributed by atoms with E-state index in [4.69, 9.17) is 11.6 Å². The Hall–Kier alpha value is -0.770. The lowest BCUT2D eigenvalue weighted by molar-refractivity contribution is -0.127. The lowest BCUT2D eigenvalue weighted by Gasteiger charge is -2.13. The Morgan fingerprint density at radius 2 is 2.23 bits per heavy atom. The molecule has 1 atom stereocenters. The van der Waals surface area contributed by atoms with E-state index in [0.29, 0.717) is 19.0 Å². The Labute approximate surface area is 81.4 Å². The van der Waals surface area contributed by atoms with Crippen molar-refractivity contribution in [2.75, 3.05) is 19.0 Å². The molecule has 2 rings (SSSR count). The second-order valence-electron chi connectivity index (χ2n) is 3.31. The highest BCUT2D eigenvalue weighted by Gasteiger charge is 2.46. The number of hydrogen-bond donors (Lipinski definition) is 0. The van der Waals surface area contributed by atoms with Crippen molar-refractivity contribution in [2.24, 2.45) is 0 Å². The summed E-state index contributed by atoms with van der Waals surface area (Å²) < 4.78 is 0. The number of carbonyl (C=O) groups excluding carboxylic acids is 2. The van der Waals surface area contributed by atoms with E-state index in [1.165, 1.54) is 4.90 Å². The number of urea groups is 1. The lowest BCUT2D eigenvalue weighted by Crippen LogP contribution is -2.34. The topological polar surface area (TPSA) is 40.6 Å². The van der Waals surface area contributed by atoms with E-state index in [0.717, 1.165) is 12.8 Å². The van der Waals surface area contributed by atoms with Gasteiger partial charge in [-0.15, -0.1) is 11.6 Å². The Morgan fingerprint density at radius 3 is 2.85 bits per heavy atom. The smallest absolute Gasteiger partial charge is 0.312 e. The Bertz CT molecular complexity index is 235. The minimum absolute atomic E-state index is 0.0665. The number of hydrogen-bond acceptors (Lipinski definition) is 2. The first-order chi connectivity index (χ1) is 6.25. The summed E-state index contributed by atoms with van der Waals surface area (Å²) in [4.78, 5) is 26.1. The van der Waals surface area contributed by atoms with Crippen molar-refractivity contribution in [2.45, 2.75) is 18.9 Å². The average Bonchev–Trinajstić information content (AvgIpc) is 2.66. The minimum atomic E-state index is -0.185. The van der Waals surface area contributed by atoms with Gasteiger partial charge in [-0.05, 0) is 12.8 Å². The Morgan fingerprint density at radius 1 is 1.46 bits per heavy atom. The van der Waals surface area contributed by atoms with E-state index in [9.17, 15) is 9.59 Å². The standard InChI is InChI=1S/C8H11ClN2O2/c9-3-5-11-7(12)6-2-1-4-10(6)8(11)13/h6H,1-5H2/t6-/m0/s1. The Kier molecular flexibility index (Phi) is 2.15. The van der Waals surface area contributed by atoms with Crippen molar-refractivity contribution < 1.29 is 9.59 Å². The fraction of sp³-hybridized carbons (Fsp3) is 0.750. The molecule has 2 aliphatic heterocycles. The van der Waals surface area contributed by atoms with E-state index in [1.807, 2.05) is 0 Å². The summed E-state index contributed by atoms with van der Waals surface area (Å²) in [7, 11) is 0. The molecule has 2 aliphatic rings. The number of nitrogens with zero attached hydrogens (tertiary/aromatic N) is 2. The van der Waals surface area contributed by atoms with Crippen LogP contribution in [0.4, 0.5) is 4.79 Å². The summed E-state index contributed by atoms with van der Waals surface area (Å²) in [6.45, 7) is 1.06. The van der Waals surface area contributed by atoms with Gasteiger partial charge in [0.05, 0.1) is 0 Å². The quantitative estimate of drug-likeness (QED) is 0.488. The molecule has 2 fully saturated rings. The summed E-state index contributed by atoms with van der Waals surface area (Å²) in [6, 6.07) is -0.344.